The van der Waals surface area contributed by atoms with Crippen LogP contribution < -0.4 is 15.0 Å². The number of benzene rings is 5. The first kappa shape index (κ1) is 29.0. The zero-order chi connectivity index (χ0) is 30.5. The quantitative estimate of drug-likeness (QED) is 0.180. The number of carboxylic acid groups (broad SMARTS) is 1. The highest BCUT2D eigenvalue weighted by molar-refractivity contribution is 6.31. The molecule has 1 atom stereocenters. The second-order valence-corrected chi connectivity index (χ2v) is 11.2. The first-order valence-electron chi connectivity index (χ1n) is 14.5. The maximum Gasteiger partial charge on any atom is 0.326 e. The molecule has 1 aliphatic rings. The molecule has 0 saturated carbocycles. The van der Waals surface area contributed by atoms with Gasteiger partial charge in [0.1, 0.15) is 17.5 Å². The summed E-state index contributed by atoms with van der Waals surface area (Å²) < 4.78 is 6.12. The third kappa shape index (κ3) is 6.61. The van der Waals surface area contributed by atoms with Crippen LogP contribution in [0.25, 0.3) is 11.1 Å². The molecule has 5 aromatic rings. The van der Waals surface area contributed by atoms with Gasteiger partial charge in [-0.25, -0.2) is 4.79 Å². The van der Waals surface area contributed by atoms with E-state index in [1.807, 2.05) is 97.1 Å². The lowest BCUT2D eigenvalue weighted by atomic mass is 9.98. The molecule has 1 heterocycles. The van der Waals surface area contributed by atoms with Crippen molar-refractivity contribution in [3.8, 4) is 22.6 Å². The van der Waals surface area contributed by atoms with Crippen LogP contribution in [0.15, 0.2) is 121 Å². The highest BCUT2D eigenvalue weighted by Crippen LogP contribution is 2.34. The van der Waals surface area contributed by atoms with Gasteiger partial charge in [0.05, 0.1) is 5.56 Å². The van der Waals surface area contributed by atoms with Crippen LogP contribution in [0.4, 0.5) is 5.69 Å². The number of carboxylic acids is 1. The van der Waals surface area contributed by atoms with E-state index >= 15 is 0 Å². The second-order valence-electron chi connectivity index (χ2n) is 10.8. The van der Waals surface area contributed by atoms with E-state index in [1.54, 1.807) is 12.1 Å². The molecule has 5 aromatic carbocycles. The Morgan fingerprint density at radius 1 is 0.841 bits per heavy atom. The van der Waals surface area contributed by atoms with Crippen LogP contribution in [0.5, 0.6) is 11.5 Å². The van der Waals surface area contributed by atoms with E-state index in [0.717, 1.165) is 46.8 Å². The summed E-state index contributed by atoms with van der Waals surface area (Å²) >= 11 is 6.31. The van der Waals surface area contributed by atoms with Gasteiger partial charge in [0.25, 0.3) is 5.91 Å². The molecule has 0 aromatic heterocycles. The van der Waals surface area contributed by atoms with E-state index < -0.39 is 17.9 Å². The number of carbonyl (C=O) groups is 2. The Bertz CT molecular complexity index is 1790. The largest absolute Gasteiger partial charge is 0.480 e. The molecule has 2 N–H and O–H groups in total. The molecule has 1 aliphatic heterocycles. The summed E-state index contributed by atoms with van der Waals surface area (Å²) in [6.45, 7) is 1.40. The van der Waals surface area contributed by atoms with Crippen LogP contribution in [0.3, 0.4) is 0 Å². The number of aliphatic carboxylic acids is 1. The van der Waals surface area contributed by atoms with E-state index in [4.69, 9.17) is 16.3 Å². The molecule has 44 heavy (non-hydrogen) atoms. The molecule has 0 radical (unpaired) electrons. The third-order valence-electron chi connectivity index (χ3n) is 7.84. The lowest BCUT2D eigenvalue weighted by molar-refractivity contribution is -0.139. The summed E-state index contributed by atoms with van der Waals surface area (Å²) in [7, 11) is 0. The summed E-state index contributed by atoms with van der Waals surface area (Å²) in [5, 5.41) is 13.2. The highest BCUT2D eigenvalue weighted by Gasteiger charge is 2.26. The van der Waals surface area contributed by atoms with Gasteiger partial charge in [-0.2, -0.15) is 0 Å². The molecule has 220 valence electrons. The van der Waals surface area contributed by atoms with E-state index in [-0.39, 0.29) is 6.42 Å². The molecule has 7 heteroatoms. The van der Waals surface area contributed by atoms with Gasteiger partial charge in [-0.3, -0.25) is 4.79 Å². The zero-order valence-corrected chi connectivity index (χ0v) is 24.7. The number of anilines is 1. The first-order valence-corrected chi connectivity index (χ1v) is 14.9. The number of nitrogens with zero attached hydrogens (tertiary/aromatic N) is 1. The smallest absolute Gasteiger partial charge is 0.326 e. The number of nitrogens with one attached hydrogen (secondary N) is 1. The van der Waals surface area contributed by atoms with Crippen molar-refractivity contribution >= 4 is 29.2 Å². The Hall–Kier alpha value is -5.07. The highest BCUT2D eigenvalue weighted by atomic mass is 35.5. The Morgan fingerprint density at radius 2 is 1.55 bits per heavy atom. The van der Waals surface area contributed by atoms with Gasteiger partial charge in [0.15, 0.2) is 0 Å². The Morgan fingerprint density at radius 3 is 2.32 bits per heavy atom. The average Bonchev–Trinajstić information content (AvgIpc) is 3.05. The van der Waals surface area contributed by atoms with Crippen molar-refractivity contribution in [1.29, 1.82) is 0 Å². The van der Waals surface area contributed by atoms with Gasteiger partial charge in [0.2, 0.25) is 0 Å². The minimum absolute atomic E-state index is 0.122. The molecular weight excluding hydrogens is 572 g/mol. The lowest BCUT2D eigenvalue weighted by Gasteiger charge is -2.32. The number of carbonyl (C=O) groups excluding carboxylic acids is 1. The Kier molecular flexibility index (Phi) is 8.62. The number of para-hydroxylation sites is 2. The van der Waals surface area contributed by atoms with Crippen LogP contribution in [0.1, 0.15) is 27.0 Å². The number of rotatable bonds is 9. The van der Waals surface area contributed by atoms with E-state index in [1.165, 1.54) is 11.1 Å². The molecule has 0 fully saturated rings. The molecule has 6 nitrogen and oxygen atoms in total. The van der Waals surface area contributed by atoms with Gasteiger partial charge in [-0.15, -0.1) is 0 Å². The summed E-state index contributed by atoms with van der Waals surface area (Å²) in [4.78, 5) is 28.0. The predicted molar refractivity (Wildman–Crippen MR) is 174 cm³/mol. The monoisotopic (exact) mass is 602 g/mol. The fraction of sp³-hybridized carbons (Fsp3) is 0.135. The molecule has 1 amide bonds. The normalized spacial score (nSPS) is 13.1. The topological polar surface area (TPSA) is 78.9 Å². The minimum atomic E-state index is -1.13. The average molecular weight is 603 g/mol. The fourth-order valence-electron chi connectivity index (χ4n) is 5.57. The van der Waals surface area contributed by atoms with Crippen molar-refractivity contribution in [2.75, 3.05) is 11.4 Å². The second kappa shape index (κ2) is 13.1. The predicted octanol–water partition coefficient (Wildman–Crippen LogP) is 7.79. The van der Waals surface area contributed by atoms with Gasteiger partial charge in [-0.1, -0.05) is 96.5 Å². The molecule has 0 saturated heterocycles. The van der Waals surface area contributed by atoms with Crippen molar-refractivity contribution in [3.63, 3.8) is 0 Å². The molecule has 0 spiro atoms. The van der Waals surface area contributed by atoms with Crippen LogP contribution in [-0.4, -0.2) is 29.6 Å². The Balaban J connectivity index is 1.18. The van der Waals surface area contributed by atoms with Crippen molar-refractivity contribution in [2.45, 2.75) is 25.4 Å². The molecular formula is C37H31ClN2O4. The molecule has 0 aliphatic carbocycles. The van der Waals surface area contributed by atoms with Gasteiger partial charge < -0.3 is 20.1 Å². The summed E-state index contributed by atoms with van der Waals surface area (Å²) in [6.07, 6.45) is 0.979. The van der Waals surface area contributed by atoms with Gasteiger partial charge in [0, 0.05) is 35.8 Å². The number of amides is 1. The van der Waals surface area contributed by atoms with E-state index in [2.05, 4.69) is 22.3 Å². The van der Waals surface area contributed by atoms with Crippen LogP contribution in [0, 0.1) is 0 Å². The van der Waals surface area contributed by atoms with E-state index in [9.17, 15) is 14.7 Å². The number of fused-ring (bicyclic) bond motifs is 1. The summed E-state index contributed by atoms with van der Waals surface area (Å²) in [6, 6.07) is 37.3. The maximum atomic E-state index is 13.6. The maximum absolute atomic E-state index is 13.6. The van der Waals surface area contributed by atoms with Gasteiger partial charge >= 0.3 is 5.97 Å². The van der Waals surface area contributed by atoms with Crippen molar-refractivity contribution in [2.24, 2.45) is 0 Å². The summed E-state index contributed by atoms with van der Waals surface area (Å²) in [5.74, 6) is -0.127. The number of halogens is 1. The van der Waals surface area contributed by atoms with Crippen LogP contribution in [0.2, 0.25) is 5.02 Å². The molecule has 6 rings (SSSR count). The molecule has 0 unspecified atom stereocenters. The zero-order valence-electron chi connectivity index (χ0n) is 23.9. The summed E-state index contributed by atoms with van der Waals surface area (Å²) in [5.41, 5.74) is 6.22. The van der Waals surface area contributed by atoms with Crippen molar-refractivity contribution < 1.29 is 19.4 Å². The standard InChI is InChI=1S/C37H31ClN2O4/c38-29-18-19-34(40-21-20-26-8-4-5-9-28(26)24-40)32(23-29)36(41)39-33(37(42)43)22-25-14-16-27(17-15-25)31-12-6-7-13-35(31)44-30-10-2-1-3-11-30/h1-19,23,33H,20-22,24H2,(H,39,41)(H,42,43)/t33-/m0/s1. The molecule has 0 bridgehead atoms. The number of hydrogen-bond acceptors (Lipinski definition) is 4. The van der Waals surface area contributed by atoms with Crippen LogP contribution in [-0.2, 0) is 24.2 Å². The Labute approximate surface area is 261 Å². The van der Waals surface area contributed by atoms with Crippen molar-refractivity contribution in [1.82, 2.24) is 5.32 Å². The minimum Gasteiger partial charge on any atom is -0.480 e. The van der Waals surface area contributed by atoms with Crippen molar-refractivity contribution in [3.05, 3.63) is 149 Å². The van der Waals surface area contributed by atoms with Crippen LogP contribution >= 0.6 is 11.6 Å². The fourth-order valence-corrected chi connectivity index (χ4v) is 5.74. The number of ether oxygens (including phenoxy) is 1. The first-order chi connectivity index (χ1) is 21.4. The van der Waals surface area contributed by atoms with Gasteiger partial charge in [-0.05, 0) is 65.1 Å². The number of hydrogen-bond donors (Lipinski definition) is 2. The SMILES string of the molecule is O=C(N[C@@H](Cc1ccc(-c2ccccc2Oc2ccccc2)cc1)C(=O)O)c1cc(Cl)ccc1N1CCc2ccccc2C1. The van der Waals surface area contributed by atoms with E-state index in [0.29, 0.717) is 17.1 Å². The third-order valence-corrected chi connectivity index (χ3v) is 8.08. The lowest BCUT2D eigenvalue weighted by Crippen LogP contribution is -2.43.